The van der Waals surface area contributed by atoms with Crippen LogP contribution in [0.4, 0.5) is 26.4 Å². The van der Waals surface area contributed by atoms with Crippen molar-refractivity contribution in [3.05, 3.63) is 36.0 Å². The van der Waals surface area contributed by atoms with Gasteiger partial charge >= 0.3 is 5.97 Å². The molecule has 1 aromatic carbocycles. The standard InChI is InChI=1S/C23H26F2N6O2/c24-16-6-3-7-17(25)19(16)29-23-28-18-12-26-22(27-14-10-8-13(9-11-14)21(32)33)30-20(18)31(23)15-4-1-2-5-15/h3,6-7,12-15H,1-2,4-5,8-11H2,(H,28,29)(H,32,33)(H,26,27,30)/t13-,14-. The molecule has 0 radical (unpaired) electrons. The number of benzene rings is 1. The van der Waals surface area contributed by atoms with Gasteiger partial charge in [0.05, 0.1) is 12.1 Å². The van der Waals surface area contributed by atoms with Crippen LogP contribution in [0.5, 0.6) is 0 Å². The topological polar surface area (TPSA) is 105 Å². The first-order valence-corrected chi connectivity index (χ1v) is 11.4. The minimum absolute atomic E-state index is 0.103. The third kappa shape index (κ3) is 4.34. The summed E-state index contributed by atoms with van der Waals surface area (Å²) >= 11 is 0. The van der Waals surface area contributed by atoms with Gasteiger partial charge in [0.25, 0.3) is 0 Å². The molecule has 2 fully saturated rings. The molecular weight excluding hydrogens is 430 g/mol. The second kappa shape index (κ2) is 8.92. The zero-order valence-corrected chi connectivity index (χ0v) is 18.1. The third-order valence-corrected chi connectivity index (χ3v) is 6.73. The Morgan fingerprint density at radius 1 is 1.03 bits per heavy atom. The van der Waals surface area contributed by atoms with Crippen LogP contribution in [0.3, 0.4) is 0 Å². The van der Waals surface area contributed by atoms with E-state index in [-0.39, 0.29) is 23.7 Å². The fourth-order valence-corrected chi connectivity index (χ4v) is 4.95. The minimum Gasteiger partial charge on any atom is -0.481 e. The number of aromatic nitrogens is 4. The Morgan fingerprint density at radius 2 is 1.73 bits per heavy atom. The predicted molar refractivity (Wildman–Crippen MR) is 119 cm³/mol. The molecule has 0 amide bonds. The molecule has 2 aromatic heterocycles. The molecule has 33 heavy (non-hydrogen) atoms. The van der Waals surface area contributed by atoms with Crippen LogP contribution in [0.25, 0.3) is 11.2 Å². The van der Waals surface area contributed by atoms with E-state index in [1.165, 1.54) is 18.2 Å². The summed E-state index contributed by atoms with van der Waals surface area (Å²) in [5, 5.41) is 15.4. The Morgan fingerprint density at radius 3 is 2.39 bits per heavy atom. The average Bonchev–Trinajstić information content (AvgIpc) is 3.44. The van der Waals surface area contributed by atoms with Crippen molar-refractivity contribution in [2.24, 2.45) is 5.92 Å². The number of hydrogen-bond donors (Lipinski definition) is 3. The van der Waals surface area contributed by atoms with Gasteiger partial charge in [0.2, 0.25) is 11.9 Å². The van der Waals surface area contributed by atoms with E-state index in [9.17, 15) is 18.7 Å². The molecule has 174 valence electrons. The van der Waals surface area contributed by atoms with Gasteiger partial charge in [-0.05, 0) is 50.7 Å². The maximum atomic E-state index is 14.3. The lowest BCUT2D eigenvalue weighted by molar-refractivity contribution is -0.142. The van der Waals surface area contributed by atoms with Crippen molar-refractivity contribution in [3.8, 4) is 0 Å². The van der Waals surface area contributed by atoms with Gasteiger partial charge in [-0.15, -0.1) is 0 Å². The van der Waals surface area contributed by atoms with Crippen molar-refractivity contribution in [1.29, 1.82) is 0 Å². The zero-order chi connectivity index (χ0) is 22.9. The molecular formula is C23H26F2N6O2. The lowest BCUT2D eigenvalue weighted by Crippen LogP contribution is -2.29. The predicted octanol–water partition coefficient (Wildman–Crippen LogP) is 5.02. The van der Waals surface area contributed by atoms with E-state index in [1.54, 1.807) is 6.20 Å². The monoisotopic (exact) mass is 456 g/mol. The van der Waals surface area contributed by atoms with E-state index < -0.39 is 17.6 Å². The van der Waals surface area contributed by atoms with Gasteiger partial charge in [0.1, 0.15) is 22.8 Å². The quantitative estimate of drug-likeness (QED) is 0.478. The van der Waals surface area contributed by atoms with Crippen molar-refractivity contribution in [2.45, 2.75) is 63.5 Å². The molecule has 0 aliphatic heterocycles. The summed E-state index contributed by atoms with van der Waals surface area (Å²) in [6, 6.07) is 3.96. The molecule has 3 N–H and O–H groups in total. The molecule has 8 nitrogen and oxygen atoms in total. The molecule has 10 heteroatoms. The van der Waals surface area contributed by atoms with Gasteiger partial charge in [0, 0.05) is 12.1 Å². The van der Waals surface area contributed by atoms with Crippen LogP contribution in [-0.2, 0) is 4.79 Å². The number of rotatable bonds is 6. The smallest absolute Gasteiger partial charge is 0.306 e. The summed E-state index contributed by atoms with van der Waals surface area (Å²) in [5.41, 5.74) is 0.910. The molecule has 0 saturated heterocycles. The van der Waals surface area contributed by atoms with Gasteiger partial charge in [-0.1, -0.05) is 18.9 Å². The van der Waals surface area contributed by atoms with E-state index in [2.05, 4.69) is 20.6 Å². The summed E-state index contributed by atoms with van der Waals surface area (Å²) in [7, 11) is 0. The lowest BCUT2D eigenvalue weighted by Gasteiger charge is -2.26. The van der Waals surface area contributed by atoms with Crippen molar-refractivity contribution in [3.63, 3.8) is 0 Å². The Hall–Kier alpha value is -3.30. The average molecular weight is 456 g/mol. The molecule has 3 aromatic rings. The molecule has 2 aliphatic carbocycles. The summed E-state index contributed by atoms with van der Waals surface area (Å²) in [4.78, 5) is 24.8. The van der Waals surface area contributed by atoms with Gasteiger partial charge in [-0.25, -0.2) is 18.7 Å². The number of para-hydroxylation sites is 1. The second-order valence-electron chi connectivity index (χ2n) is 8.90. The maximum absolute atomic E-state index is 14.3. The molecule has 2 heterocycles. The van der Waals surface area contributed by atoms with E-state index >= 15 is 0 Å². The minimum atomic E-state index is -0.738. The van der Waals surface area contributed by atoms with Crippen LogP contribution in [0.1, 0.15) is 57.4 Å². The number of carboxylic acid groups (broad SMARTS) is 1. The van der Waals surface area contributed by atoms with Crippen molar-refractivity contribution >= 4 is 34.7 Å². The van der Waals surface area contributed by atoms with E-state index in [0.717, 1.165) is 38.5 Å². The molecule has 0 bridgehead atoms. The van der Waals surface area contributed by atoms with Crippen molar-refractivity contribution < 1.29 is 18.7 Å². The van der Waals surface area contributed by atoms with E-state index in [0.29, 0.717) is 35.9 Å². The fourth-order valence-electron chi connectivity index (χ4n) is 4.95. The van der Waals surface area contributed by atoms with Gasteiger partial charge in [-0.3, -0.25) is 9.36 Å². The molecule has 0 atom stereocenters. The van der Waals surface area contributed by atoms with E-state index in [4.69, 9.17) is 4.98 Å². The second-order valence-corrected chi connectivity index (χ2v) is 8.90. The van der Waals surface area contributed by atoms with Crippen molar-refractivity contribution in [2.75, 3.05) is 10.6 Å². The zero-order valence-electron chi connectivity index (χ0n) is 18.1. The largest absolute Gasteiger partial charge is 0.481 e. The highest BCUT2D eigenvalue weighted by Gasteiger charge is 2.28. The van der Waals surface area contributed by atoms with Gasteiger partial charge in [0.15, 0.2) is 5.65 Å². The number of carbonyl (C=O) groups is 1. The van der Waals surface area contributed by atoms with E-state index in [1.807, 2.05) is 4.57 Å². The Bertz CT molecular complexity index is 1150. The maximum Gasteiger partial charge on any atom is 0.306 e. The molecule has 5 rings (SSSR count). The molecule has 2 saturated carbocycles. The highest BCUT2D eigenvalue weighted by atomic mass is 19.1. The number of anilines is 3. The Kier molecular flexibility index (Phi) is 5.82. The molecule has 0 spiro atoms. The summed E-state index contributed by atoms with van der Waals surface area (Å²) in [6.07, 6.45) is 8.34. The first-order valence-electron chi connectivity index (χ1n) is 11.4. The number of fused-ring (bicyclic) bond motifs is 1. The highest BCUT2D eigenvalue weighted by molar-refractivity contribution is 5.77. The third-order valence-electron chi connectivity index (χ3n) is 6.73. The summed E-state index contributed by atoms with van der Waals surface area (Å²) < 4.78 is 30.5. The van der Waals surface area contributed by atoms with Crippen LogP contribution >= 0.6 is 0 Å². The van der Waals surface area contributed by atoms with Crippen LogP contribution < -0.4 is 10.6 Å². The number of nitrogens with zero attached hydrogens (tertiary/aromatic N) is 4. The van der Waals surface area contributed by atoms with Gasteiger partial charge < -0.3 is 15.7 Å². The number of hydrogen-bond acceptors (Lipinski definition) is 6. The lowest BCUT2D eigenvalue weighted by atomic mass is 9.86. The molecule has 2 aliphatic rings. The number of imidazole rings is 1. The SMILES string of the molecule is O=C(O)[C@H]1CC[C@H](Nc2ncc3nc(Nc4c(F)cccc4F)n(C4CCCC4)c3n2)CC1. The van der Waals surface area contributed by atoms with Gasteiger partial charge in [-0.2, -0.15) is 4.98 Å². The van der Waals surface area contributed by atoms with Crippen LogP contribution in [-0.4, -0.2) is 36.6 Å². The van der Waals surface area contributed by atoms with Crippen LogP contribution in [0.15, 0.2) is 24.4 Å². The molecule has 0 unspecified atom stereocenters. The Balaban J connectivity index is 1.45. The fraction of sp³-hybridized carbons (Fsp3) is 0.478. The first-order chi connectivity index (χ1) is 16.0. The number of aliphatic carboxylic acids is 1. The summed E-state index contributed by atoms with van der Waals surface area (Å²) in [6.45, 7) is 0. The summed E-state index contributed by atoms with van der Waals surface area (Å²) in [5.74, 6) is -1.62. The number of halogens is 2. The normalized spacial score (nSPS) is 21.4. The Labute approximate surface area is 189 Å². The van der Waals surface area contributed by atoms with Crippen LogP contribution in [0, 0.1) is 17.6 Å². The highest BCUT2D eigenvalue weighted by Crippen LogP contribution is 2.36. The van der Waals surface area contributed by atoms with Crippen LogP contribution in [0.2, 0.25) is 0 Å². The first kappa shape index (κ1) is 21.5. The number of carboxylic acids is 1. The number of nitrogens with one attached hydrogen (secondary N) is 2. The van der Waals surface area contributed by atoms with Crippen molar-refractivity contribution in [1.82, 2.24) is 19.5 Å².